The third kappa shape index (κ3) is 4.57. The van der Waals surface area contributed by atoms with Crippen molar-refractivity contribution in [2.45, 2.75) is 38.5 Å². The number of halogens is 3. The van der Waals surface area contributed by atoms with Gasteiger partial charge in [-0.05, 0) is 30.7 Å². The highest BCUT2D eigenvalue weighted by Crippen LogP contribution is 2.36. The maximum absolute atomic E-state index is 13.3. The van der Waals surface area contributed by atoms with Crippen molar-refractivity contribution < 1.29 is 17.7 Å². The first kappa shape index (κ1) is 22.9. The van der Waals surface area contributed by atoms with Gasteiger partial charge in [0.1, 0.15) is 17.3 Å². The molecule has 0 radical (unpaired) electrons. The Kier molecular flexibility index (Phi) is 6.37. The maximum atomic E-state index is 13.3. The Morgan fingerprint density at radius 1 is 1.31 bits per heavy atom. The van der Waals surface area contributed by atoms with Crippen molar-refractivity contribution in [3.8, 4) is 11.1 Å². The lowest BCUT2D eigenvalue weighted by Gasteiger charge is -2.25. The molecule has 3 heterocycles. The number of nitrogens with one attached hydrogen (secondary N) is 2. The van der Waals surface area contributed by atoms with Gasteiger partial charge in [0.2, 0.25) is 0 Å². The molecule has 32 heavy (non-hydrogen) atoms. The number of benzene rings is 1. The summed E-state index contributed by atoms with van der Waals surface area (Å²) in [6, 6.07) is 6.75. The van der Waals surface area contributed by atoms with Gasteiger partial charge in [-0.25, -0.2) is 0 Å². The number of rotatable bonds is 4. The van der Waals surface area contributed by atoms with E-state index in [1.807, 2.05) is 0 Å². The predicted octanol–water partition coefficient (Wildman–Crippen LogP) is 4.59. The largest absolute Gasteiger partial charge is 0.616 e. The van der Waals surface area contributed by atoms with Gasteiger partial charge in [0, 0.05) is 41.9 Å². The molecule has 2 aromatic heterocycles. The molecule has 4 rings (SSSR count). The smallest absolute Gasteiger partial charge is 0.416 e. The second-order valence-corrected chi connectivity index (χ2v) is 10.5. The quantitative estimate of drug-likeness (QED) is 0.325. The van der Waals surface area contributed by atoms with E-state index >= 15 is 0 Å². The second kappa shape index (κ2) is 8.92. The molecule has 170 valence electrons. The molecule has 0 spiro atoms. The summed E-state index contributed by atoms with van der Waals surface area (Å²) in [5.41, 5.74) is -0.0841. The second-order valence-electron chi connectivity index (χ2n) is 7.71. The number of nitrogens with zero attached hydrogens (tertiary/aromatic N) is 1. The lowest BCUT2D eigenvalue weighted by molar-refractivity contribution is -0.137. The van der Waals surface area contributed by atoms with Gasteiger partial charge in [-0.2, -0.15) is 13.2 Å². The Bertz CT molecular complexity index is 1210. The number of alkyl halides is 3. The van der Waals surface area contributed by atoms with Crippen molar-refractivity contribution in [2.75, 3.05) is 11.5 Å². The highest BCUT2D eigenvalue weighted by Gasteiger charge is 2.31. The number of fused-ring (bicyclic) bond motifs is 1. The number of aromatic nitrogens is 1. The minimum atomic E-state index is -4.47. The fraction of sp³-hybridized carbons (Fsp3) is 0.364. The molecular formula is C22H22F3N3O2S2. The van der Waals surface area contributed by atoms with Crippen LogP contribution < -0.4 is 10.9 Å². The molecule has 1 aliphatic heterocycles. The van der Waals surface area contributed by atoms with Crippen molar-refractivity contribution in [1.29, 1.82) is 5.41 Å². The van der Waals surface area contributed by atoms with Crippen LogP contribution in [0, 0.1) is 5.41 Å². The van der Waals surface area contributed by atoms with Crippen molar-refractivity contribution in [2.24, 2.45) is 0 Å². The van der Waals surface area contributed by atoms with Crippen LogP contribution in [-0.4, -0.2) is 32.5 Å². The summed E-state index contributed by atoms with van der Waals surface area (Å²) >= 11 is 0.417. The lowest BCUT2D eigenvalue weighted by atomic mass is 10.0. The van der Waals surface area contributed by atoms with Gasteiger partial charge in [0.15, 0.2) is 0 Å². The van der Waals surface area contributed by atoms with E-state index < -0.39 is 22.9 Å². The maximum Gasteiger partial charge on any atom is 0.416 e. The number of aryl methyl sites for hydroxylation is 1. The molecule has 0 amide bonds. The van der Waals surface area contributed by atoms with Gasteiger partial charge in [-0.3, -0.25) is 10.2 Å². The van der Waals surface area contributed by atoms with Gasteiger partial charge < -0.3 is 14.4 Å². The Morgan fingerprint density at radius 2 is 2.03 bits per heavy atom. The van der Waals surface area contributed by atoms with Crippen molar-refractivity contribution in [3.63, 3.8) is 0 Å². The number of pyridine rings is 1. The first-order valence-corrected chi connectivity index (χ1v) is 12.5. The van der Waals surface area contributed by atoms with E-state index in [-0.39, 0.29) is 17.4 Å². The first-order valence-electron chi connectivity index (χ1n) is 10.2. The minimum Gasteiger partial charge on any atom is -0.616 e. The zero-order valence-corrected chi connectivity index (χ0v) is 18.9. The molecule has 1 aromatic carbocycles. The SMILES string of the molecule is CCn1cc(-c2cccc(C(F)(F)F)c2)c2sc(C(=N)NC3CC[S+]([O-])CC3)cc2c1=O. The number of hydrogen-bond donors (Lipinski definition) is 2. The molecule has 0 bridgehead atoms. The Morgan fingerprint density at radius 3 is 2.69 bits per heavy atom. The van der Waals surface area contributed by atoms with Gasteiger partial charge in [0.05, 0.1) is 15.8 Å². The molecule has 3 aromatic rings. The van der Waals surface area contributed by atoms with Crippen LogP contribution >= 0.6 is 11.3 Å². The van der Waals surface area contributed by atoms with Crippen molar-refractivity contribution in [1.82, 2.24) is 9.88 Å². The average molecular weight is 482 g/mol. The van der Waals surface area contributed by atoms with Crippen LogP contribution in [0.15, 0.2) is 41.3 Å². The third-order valence-electron chi connectivity index (χ3n) is 5.58. The van der Waals surface area contributed by atoms with Crippen molar-refractivity contribution >= 4 is 38.4 Å². The zero-order chi connectivity index (χ0) is 23.0. The van der Waals surface area contributed by atoms with E-state index in [2.05, 4.69) is 5.32 Å². The van der Waals surface area contributed by atoms with E-state index in [1.54, 1.807) is 25.3 Å². The molecule has 0 unspecified atom stereocenters. The zero-order valence-electron chi connectivity index (χ0n) is 17.3. The predicted molar refractivity (Wildman–Crippen MR) is 123 cm³/mol. The first-order chi connectivity index (χ1) is 15.2. The van der Waals surface area contributed by atoms with Crippen LogP contribution in [-0.2, 0) is 23.9 Å². The molecule has 0 aliphatic carbocycles. The van der Waals surface area contributed by atoms with Crippen LogP contribution in [0.3, 0.4) is 0 Å². The highest BCUT2D eigenvalue weighted by molar-refractivity contribution is 7.91. The van der Waals surface area contributed by atoms with Gasteiger partial charge in [-0.15, -0.1) is 11.3 Å². The molecule has 10 heteroatoms. The molecule has 0 atom stereocenters. The van der Waals surface area contributed by atoms with Gasteiger partial charge in [-0.1, -0.05) is 23.3 Å². The monoisotopic (exact) mass is 481 g/mol. The third-order valence-corrected chi connectivity index (χ3v) is 8.15. The van der Waals surface area contributed by atoms with Crippen LogP contribution in [0.2, 0.25) is 0 Å². The molecule has 2 N–H and O–H groups in total. The van der Waals surface area contributed by atoms with Crippen LogP contribution in [0.4, 0.5) is 13.2 Å². The molecule has 0 saturated carbocycles. The van der Waals surface area contributed by atoms with Crippen molar-refractivity contribution in [3.05, 3.63) is 57.3 Å². The fourth-order valence-electron chi connectivity index (χ4n) is 3.82. The summed E-state index contributed by atoms with van der Waals surface area (Å²) in [7, 11) is 0. The summed E-state index contributed by atoms with van der Waals surface area (Å²) in [5, 5.41) is 12.0. The van der Waals surface area contributed by atoms with E-state index in [4.69, 9.17) is 5.41 Å². The minimum absolute atomic E-state index is 0.0423. The summed E-state index contributed by atoms with van der Waals surface area (Å²) in [6.07, 6.45) is -1.46. The van der Waals surface area contributed by atoms with Gasteiger partial charge >= 0.3 is 6.18 Å². The Balaban J connectivity index is 1.76. The van der Waals surface area contributed by atoms with Crippen LogP contribution in [0.25, 0.3) is 21.2 Å². The lowest BCUT2D eigenvalue weighted by Crippen LogP contribution is -2.40. The molecular weight excluding hydrogens is 459 g/mol. The van der Waals surface area contributed by atoms with Crippen LogP contribution in [0.1, 0.15) is 30.2 Å². The van der Waals surface area contributed by atoms with E-state index in [0.29, 0.717) is 57.0 Å². The Hall–Kier alpha value is -2.30. The summed E-state index contributed by atoms with van der Waals surface area (Å²) in [5.74, 6) is 1.36. The summed E-state index contributed by atoms with van der Waals surface area (Å²) in [4.78, 5) is 13.4. The molecule has 1 fully saturated rings. The summed E-state index contributed by atoms with van der Waals surface area (Å²) in [6.45, 7) is 2.17. The molecule has 1 saturated heterocycles. The highest BCUT2D eigenvalue weighted by atomic mass is 32.2. The van der Waals surface area contributed by atoms with E-state index in [9.17, 15) is 22.5 Å². The topological polar surface area (TPSA) is 80.9 Å². The number of hydrogen-bond acceptors (Lipinski definition) is 4. The Labute approximate surface area is 190 Å². The van der Waals surface area contributed by atoms with E-state index in [1.165, 1.54) is 22.0 Å². The molecule has 5 nitrogen and oxygen atoms in total. The number of thiophene rings is 1. The van der Waals surface area contributed by atoms with E-state index in [0.717, 1.165) is 12.1 Å². The van der Waals surface area contributed by atoms with Crippen LogP contribution in [0.5, 0.6) is 0 Å². The fourth-order valence-corrected chi connectivity index (χ4v) is 6.21. The average Bonchev–Trinajstić information content (AvgIpc) is 3.21. The molecule has 1 aliphatic rings. The standard InChI is InChI=1S/C22H22F3N3O2S2/c1-2-28-12-17(13-4-3-5-14(10-13)22(23,24)25)19-16(21(28)29)11-18(31-19)20(26)27-15-6-8-32(30)9-7-15/h3-5,10-12,15H,2,6-9H2,1H3,(H2,26,27). The normalized spacial score (nSPS) is 19.3. The summed E-state index contributed by atoms with van der Waals surface area (Å²) < 4.78 is 53.4. The number of amidine groups is 1. The van der Waals surface area contributed by atoms with Gasteiger partial charge in [0.25, 0.3) is 5.56 Å².